The molecule has 0 bridgehead atoms. The van der Waals surface area contributed by atoms with E-state index in [0.717, 1.165) is 0 Å². The van der Waals surface area contributed by atoms with Gasteiger partial charge in [-0.3, -0.25) is 29.4 Å². The first-order valence-electron chi connectivity index (χ1n) is 10.8. The number of methoxy groups -OCH3 is 1. The lowest BCUT2D eigenvalue weighted by Gasteiger charge is -2.29. The summed E-state index contributed by atoms with van der Waals surface area (Å²) in [4.78, 5) is 53.4. The number of nitrogens with two attached hydrogens (primary N) is 1. The maximum atomic E-state index is 13.8. The summed E-state index contributed by atoms with van der Waals surface area (Å²) in [7, 11) is 1.53. The minimum Gasteiger partial charge on any atom is -0.496 e. The molecule has 0 aromatic heterocycles. The lowest BCUT2D eigenvalue weighted by atomic mass is 9.76. The Bertz CT molecular complexity index is 1180. The second kappa shape index (κ2) is 7.70. The topological polar surface area (TPSA) is 131 Å². The zero-order valence-corrected chi connectivity index (χ0v) is 18.0. The van der Waals surface area contributed by atoms with Gasteiger partial charge in [-0.1, -0.05) is 36.4 Å². The molecule has 2 fully saturated rings. The van der Waals surface area contributed by atoms with E-state index in [-0.39, 0.29) is 31.2 Å². The molecule has 0 unspecified atom stereocenters. The largest absolute Gasteiger partial charge is 0.496 e. The van der Waals surface area contributed by atoms with Gasteiger partial charge in [0.15, 0.2) is 0 Å². The molecule has 5 rings (SSSR count). The lowest BCUT2D eigenvalue weighted by molar-refractivity contribution is -0.143. The van der Waals surface area contributed by atoms with Crippen LogP contribution in [0.25, 0.3) is 0 Å². The zero-order valence-electron chi connectivity index (χ0n) is 18.0. The minimum absolute atomic E-state index is 0.0359. The van der Waals surface area contributed by atoms with Gasteiger partial charge in [-0.2, -0.15) is 0 Å². The van der Waals surface area contributed by atoms with Crippen LogP contribution < -0.4 is 21.1 Å². The summed E-state index contributed by atoms with van der Waals surface area (Å²) in [6.07, 6.45) is 0.281. The number of hydrogen-bond acceptors (Lipinski definition) is 6. The zero-order chi connectivity index (χ0) is 23.3. The van der Waals surface area contributed by atoms with Gasteiger partial charge < -0.3 is 15.8 Å². The Kier molecular flexibility index (Phi) is 4.93. The highest BCUT2D eigenvalue weighted by Gasteiger charge is 2.70. The molecule has 33 heavy (non-hydrogen) atoms. The summed E-state index contributed by atoms with van der Waals surface area (Å²) < 4.78 is 5.39. The van der Waals surface area contributed by atoms with Crippen LogP contribution in [0, 0.1) is 11.8 Å². The van der Waals surface area contributed by atoms with Gasteiger partial charge in [0.2, 0.25) is 23.6 Å². The van der Waals surface area contributed by atoms with Gasteiger partial charge in [-0.25, -0.2) is 0 Å². The summed E-state index contributed by atoms with van der Waals surface area (Å²) in [5, 5.41) is 6.14. The highest BCUT2D eigenvalue weighted by atomic mass is 16.5. The summed E-state index contributed by atoms with van der Waals surface area (Å²) in [5.41, 5.74) is 5.90. The van der Waals surface area contributed by atoms with Gasteiger partial charge in [0, 0.05) is 29.3 Å². The van der Waals surface area contributed by atoms with Gasteiger partial charge >= 0.3 is 0 Å². The van der Waals surface area contributed by atoms with E-state index in [1.807, 2.05) is 12.1 Å². The normalized spacial score (nSPS) is 27.6. The molecule has 3 heterocycles. The second-order valence-electron chi connectivity index (χ2n) is 8.64. The Balaban J connectivity index is 1.57. The smallest absolute Gasteiger partial charge is 0.250 e. The number of amides is 4. The van der Waals surface area contributed by atoms with Crippen molar-refractivity contribution in [2.24, 2.45) is 17.6 Å². The third-order valence-corrected chi connectivity index (χ3v) is 6.94. The first-order chi connectivity index (χ1) is 15.9. The Morgan fingerprint density at radius 3 is 2.58 bits per heavy atom. The number of hydrogen-bond donors (Lipinski definition) is 3. The van der Waals surface area contributed by atoms with E-state index in [4.69, 9.17) is 10.5 Å². The molecule has 2 aromatic carbocycles. The third-order valence-electron chi connectivity index (χ3n) is 6.94. The third kappa shape index (κ3) is 3.03. The number of likely N-dealkylation sites (tertiary alicyclic amines) is 1. The van der Waals surface area contributed by atoms with Crippen molar-refractivity contribution in [3.63, 3.8) is 0 Å². The molecule has 1 spiro atoms. The molecular weight excluding hydrogens is 424 g/mol. The molecule has 9 nitrogen and oxygen atoms in total. The van der Waals surface area contributed by atoms with Crippen LogP contribution in [0.5, 0.6) is 5.75 Å². The van der Waals surface area contributed by atoms with E-state index in [0.29, 0.717) is 22.6 Å². The molecule has 3 aliphatic heterocycles. The molecule has 4 amide bonds. The minimum atomic E-state index is -1.38. The highest BCUT2D eigenvalue weighted by Crippen LogP contribution is 2.53. The Morgan fingerprint density at radius 2 is 1.82 bits per heavy atom. The van der Waals surface area contributed by atoms with Gasteiger partial charge in [0.25, 0.3) is 0 Å². The monoisotopic (exact) mass is 448 g/mol. The molecular formula is C24H24N4O5. The number of ether oxygens (including phenoxy) is 1. The standard InChI is InChI=1S/C24H24N4O5/c1-33-17-9-5-2-6-13(17)12-28-21(30)19-16(10-11-18(25)29)27-24(20(19)22(28)31)14-7-3-4-8-15(14)26-23(24)32/h2-9,16,19-20,27H,10-12H2,1H3,(H2,25,29)(H,26,32)/t16-,19-,20-,24-/m0/s1. The molecule has 0 aliphatic carbocycles. The van der Waals surface area contributed by atoms with Crippen molar-refractivity contribution in [2.75, 3.05) is 12.4 Å². The van der Waals surface area contributed by atoms with E-state index in [1.54, 1.807) is 36.4 Å². The fraction of sp³-hybridized carbons (Fsp3) is 0.333. The second-order valence-corrected chi connectivity index (χ2v) is 8.64. The van der Waals surface area contributed by atoms with E-state index in [9.17, 15) is 19.2 Å². The van der Waals surface area contributed by atoms with Crippen LogP contribution in [0.3, 0.4) is 0 Å². The van der Waals surface area contributed by atoms with Gasteiger partial charge in [0.1, 0.15) is 11.3 Å². The van der Waals surface area contributed by atoms with E-state index < -0.39 is 35.2 Å². The molecule has 170 valence electrons. The van der Waals surface area contributed by atoms with Crippen LogP contribution in [0.15, 0.2) is 48.5 Å². The molecule has 9 heteroatoms. The molecule has 2 saturated heterocycles. The van der Waals surface area contributed by atoms with E-state index in [2.05, 4.69) is 10.6 Å². The summed E-state index contributed by atoms with van der Waals surface area (Å²) >= 11 is 0. The number of carbonyl (C=O) groups excluding carboxylic acids is 4. The summed E-state index contributed by atoms with van der Waals surface area (Å²) in [6, 6.07) is 13.8. The average molecular weight is 448 g/mol. The van der Waals surface area contributed by atoms with Crippen molar-refractivity contribution >= 4 is 29.3 Å². The maximum Gasteiger partial charge on any atom is 0.250 e. The molecule has 3 aliphatic rings. The van der Waals surface area contributed by atoms with Crippen molar-refractivity contribution in [2.45, 2.75) is 31.0 Å². The van der Waals surface area contributed by atoms with E-state index in [1.165, 1.54) is 12.0 Å². The number of benzene rings is 2. The van der Waals surface area contributed by atoms with Crippen LogP contribution in [-0.4, -0.2) is 41.7 Å². The fourth-order valence-corrected chi connectivity index (χ4v) is 5.52. The molecule has 4 N–H and O–H groups in total. The SMILES string of the molecule is COc1ccccc1CN1C(=O)[C@H]2[C@H](CCC(N)=O)N[C@]3(C(=O)Nc4ccccc43)[C@@H]2C1=O. The van der Waals surface area contributed by atoms with Crippen LogP contribution in [0.2, 0.25) is 0 Å². The van der Waals surface area contributed by atoms with Gasteiger partial charge in [0.05, 0.1) is 25.5 Å². The Labute approximate surface area is 190 Å². The number of nitrogens with zero attached hydrogens (tertiary/aromatic N) is 1. The number of carbonyl (C=O) groups is 4. The van der Waals surface area contributed by atoms with Crippen molar-refractivity contribution in [3.8, 4) is 5.75 Å². The van der Waals surface area contributed by atoms with Crippen molar-refractivity contribution in [1.82, 2.24) is 10.2 Å². The highest BCUT2D eigenvalue weighted by molar-refractivity contribution is 6.15. The van der Waals surface area contributed by atoms with Crippen molar-refractivity contribution < 1.29 is 23.9 Å². The number of fused-ring (bicyclic) bond motifs is 4. The van der Waals surface area contributed by atoms with Crippen LogP contribution in [-0.2, 0) is 31.3 Å². The number of anilines is 1. The first kappa shape index (κ1) is 21.1. The average Bonchev–Trinajstić information content (AvgIpc) is 3.39. The number of imide groups is 1. The molecule has 2 aromatic rings. The Morgan fingerprint density at radius 1 is 1.09 bits per heavy atom. The number of rotatable bonds is 6. The predicted molar refractivity (Wildman–Crippen MR) is 118 cm³/mol. The van der Waals surface area contributed by atoms with Crippen LogP contribution in [0.1, 0.15) is 24.0 Å². The Hall–Kier alpha value is -3.72. The molecule has 0 saturated carbocycles. The van der Waals surface area contributed by atoms with Crippen LogP contribution >= 0.6 is 0 Å². The summed E-state index contributed by atoms with van der Waals surface area (Å²) in [5.74, 6) is -2.82. The molecule has 4 atom stereocenters. The van der Waals surface area contributed by atoms with Gasteiger partial charge in [-0.05, 0) is 18.6 Å². The van der Waals surface area contributed by atoms with E-state index >= 15 is 0 Å². The fourth-order valence-electron chi connectivity index (χ4n) is 5.52. The van der Waals surface area contributed by atoms with Crippen LogP contribution in [0.4, 0.5) is 5.69 Å². The number of primary amides is 1. The maximum absolute atomic E-state index is 13.8. The number of para-hydroxylation sites is 2. The van der Waals surface area contributed by atoms with Gasteiger partial charge in [-0.15, -0.1) is 0 Å². The lowest BCUT2D eigenvalue weighted by Crippen LogP contribution is -2.53. The molecule has 0 radical (unpaired) electrons. The summed E-state index contributed by atoms with van der Waals surface area (Å²) in [6.45, 7) is 0.0383. The number of nitrogens with one attached hydrogen (secondary N) is 2. The quantitative estimate of drug-likeness (QED) is 0.563. The predicted octanol–water partition coefficient (Wildman–Crippen LogP) is 0.881. The van der Waals surface area contributed by atoms with Crippen molar-refractivity contribution in [3.05, 3.63) is 59.7 Å². The first-order valence-corrected chi connectivity index (χ1v) is 10.8. The van der Waals surface area contributed by atoms with Crippen molar-refractivity contribution in [1.29, 1.82) is 0 Å².